The molecule has 0 radical (unpaired) electrons. The molecule has 1 fully saturated rings. The Morgan fingerprint density at radius 1 is 1.16 bits per heavy atom. The standard InChI is InChI=1S/C30H33FN2O5/c1-4-5-24(38-26-15-25(17-34)37-18-26)16-28-19(2)14-27(31)29(32-28)22-10-6-20(7-11-22)21-8-12-23(13-9-21)30(35)33-36-3/h6-14,16,25-26,34H,4-5,15,17-18H2,1-3H3,(H,33,35)/b24-16+/t25-,26-/m0/s1. The maximum atomic E-state index is 15.0. The number of rotatable bonds is 10. The Bertz CT molecular complexity index is 1280. The Morgan fingerprint density at radius 2 is 1.82 bits per heavy atom. The van der Waals surface area contributed by atoms with Gasteiger partial charge in [-0.2, -0.15) is 0 Å². The van der Waals surface area contributed by atoms with Crippen LogP contribution in [0, 0.1) is 12.7 Å². The lowest BCUT2D eigenvalue weighted by Crippen LogP contribution is -2.21. The molecular weight excluding hydrogens is 487 g/mol. The number of carbonyl (C=O) groups excluding carboxylic acids is 1. The molecule has 1 aliphatic rings. The Balaban J connectivity index is 1.56. The zero-order valence-electron chi connectivity index (χ0n) is 21.9. The number of hydroxylamine groups is 1. The van der Waals surface area contributed by atoms with Crippen LogP contribution in [0.2, 0.25) is 0 Å². The lowest BCUT2D eigenvalue weighted by Gasteiger charge is -2.16. The molecule has 1 amide bonds. The molecule has 0 bridgehead atoms. The van der Waals surface area contributed by atoms with Gasteiger partial charge in [0.2, 0.25) is 0 Å². The van der Waals surface area contributed by atoms with Gasteiger partial charge in [-0.15, -0.1) is 0 Å². The molecule has 0 saturated carbocycles. The number of ether oxygens (including phenoxy) is 2. The number of hydrogen-bond donors (Lipinski definition) is 2. The molecule has 1 aromatic heterocycles. The van der Waals surface area contributed by atoms with Crippen molar-refractivity contribution in [1.29, 1.82) is 0 Å². The Labute approximate surface area is 222 Å². The highest BCUT2D eigenvalue weighted by atomic mass is 19.1. The molecule has 1 aliphatic heterocycles. The van der Waals surface area contributed by atoms with E-state index >= 15 is 4.39 Å². The summed E-state index contributed by atoms with van der Waals surface area (Å²) in [5.74, 6) is 0.0540. The Morgan fingerprint density at radius 3 is 2.42 bits per heavy atom. The van der Waals surface area contributed by atoms with E-state index in [2.05, 4.69) is 22.2 Å². The quantitative estimate of drug-likeness (QED) is 0.273. The summed E-state index contributed by atoms with van der Waals surface area (Å²) in [5, 5.41) is 9.33. The van der Waals surface area contributed by atoms with Gasteiger partial charge < -0.3 is 14.6 Å². The van der Waals surface area contributed by atoms with E-state index in [4.69, 9.17) is 9.47 Å². The summed E-state index contributed by atoms with van der Waals surface area (Å²) < 4.78 is 26.7. The molecule has 2 atom stereocenters. The van der Waals surface area contributed by atoms with Gasteiger partial charge >= 0.3 is 0 Å². The van der Waals surface area contributed by atoms with Crippen molar-refractivity contribution in [3.05, 3.63) is 83.0 Å². The number of hydrogen-bond acceptors (Lipinski definition) is 6. The minimum atomic E-state index is -0.395. The number of aromatic nitrogens is 1. The van der Waals surface area contributed by atoms with Crippen molar-refractivity contribution < 1.29 is 28.6 Å². The lowest BCUT2D eigenvalue weighted by atomic mass is 10.0. The molecule has 0 spiro atoms. The minimum absolute atomic E-state index is 0.0235. The molecule has 2 N–H and O–H groups in total. The van der Waals surface area contributed by atoms with Crippen molar-refractivity contribution in [2.45, 2.75) is 45.3 Å². The largest absolute Gasteiger partial charge is 0.492 e. The molecule has 4 rings (SSSR count). The second-order valence-corrected chi connectivity index (χ2v) is 9.29. The number of amides is 1. The predicted molar refractivity (Wildman–Crippen MR) is 143 cm³/mol. The molecule has 38 heavy (non-hydrogen) atoms. The molecule has 2 aromatic carbocycles. The van der Waals surface area contributed by atoms with E-state index in [1.807, 2.05) is 49.4 Å². The molecule has 8 heteroatoms. The van der Waals surface area contributed by atoms with Crippen molar-refractivity contribution in [1.82, 2.24) is 10.5 Å². The number of nitrogens with zero attached hydrogens (tertiary/aromatic N) is 1. The number of halogens is 1. The fourth-order valence-corrected chi connectivity index (χ4v) is 4.39. The first-order valence-electron chi connectivity index (χ1n) is 12.7. The molecular formula is C30H33FN2O5. The maximum absolute atomic E-state index is 15.0. The highest BCUT2D eigenvalue weighted by molar-refractivity contribution is 5.94. The van der Waals surface area contributed by atoms with Crippen LogP contribution >= 0.6 is 0 Å². The Kier molecular flexibility index (Phi) is 9.23. The summed E-state index contributed by atoms with van der Waals surface area (Å²) in [6.45, 7) is 4.31. The van der Waals surface area contributed by atoms with E-state index < -0.39 is 5.82 Å². The zero-order valence-corrected chi connectivity index (χ0v) is 21.9. The summed E-state index contributed by atoms with van der Waals surface area (Å²) in [6, 6.07) is 16.1. The van der Waals surface area contributed by atoms with Crippen molar-refractivity contribution in [3.8, 4) is 22.4 Å². The van der Waals surface area contributed by atoms with Gasteiger partial charge in [-0.25, -0.2) is 14.9 Å². The normalized spacial score (nSPS) is 17.4. The van der Waals surface area contributed by atoms with Crippen molar-refractivity contribution >= 4 is 12.0 Å². The molecule has 0 unspecified atom stereocenters. The number of aliphatic hydroxyl groups excluding tert-OH is 1. The van der Waals surface area contributed by atoms with Crippen LogP contribution in [0.25, 0.3) is 28.5 Å². The third-order valence-electron chi connectivity index (χ3n) is 6.40. The maximum Gasteiger partial charge on any atom is 0.274 e. The molecule has 2 heterocycles. The highest BCUT2D eigenvalue weighted by Gasteiger charge is 2.27. The van der Waals surface area contributed by atoms with E-state index in [-0.39, 0.29) is 30.4 Å². The third-order valence-corrected chi connectivity index (χ3v) is 6.40. The molecule has 1 saturated heterocycles. The summed E-state index contributed by atoms with van der Waals surface area (Å²) in [6.07, 6.45) is 3.79. The molecule has 0 aliphatic carbocycles. The first kappa shape index (κ1) is 27.4. The number of pyridine rings is 1. The van der Waals surface area contributed by atoms with E-state index in [9.17, 15) is 9.90 Å². The Hall–Kier alpha value is -3.59. The second kappa shape index (κ2) is 12.8. The smallest absolute Gasteiger partial charge is 0.274 e. The van der Waals surface area contributed by atoms with E-state index in [0.717, 1.165) is 29.7 Å². The molecule has 3 aromatic rings. The first-order chi connectivity index (χ1) is 18.4. The number of aliphatic hydroxyl groups is 1. The van der Waals surface area contributed by atoms with Crippen LogP contribution in [0.1, 0.15) is 47.8 Å². The van der Waals surface area contributed by atoms with Gasteiger partial charge in [0.1, 0.15) is 17.6 Å². The van der Waals surface area contributed by atoms with E-state index in [1.165, 1.54) is 13.2 Å². The average molecular weight is 521 g/mol. The number of carbonyl (C=O) groups is 1. The summed E-state index contributed by atoms with van der Waals surface area (Å²) >= 11 is 0. The molecule has 7 nitrogen and oxygen atoms in total. The van der Waals surface area contributed by atoms with Crippen LogP contribution in [0.5, 0.6) is 0 Å². The highest BCUT2D eigenvalue weighted by Crippen LogP contribution is 2.29. The third kappa shape index (κ3) is 6.64. The summed E-state index contributed by atoms with van der Waals surface area (Å²) in [7, 11) is 1.39. The number of benzene rings is 2. The van der Waals surface area contributed by atoms with Crippen molar-refractivity contribution in [2.24, 2.45) is 0 Å². The van der Waals surface area contributed by atoms with Gasteiger partial charge in [0, 0.05) is 30.0 Å². The van der Waals surface area contributed by atoms with Gasteiger partial charge in [0.05, 0.1) is 37.9 Å². The van der Waals surface area contributed by atoms with Crippen LogP contribution in [0.4, 0.5) is 4.39 Å². The van der Waals surface area contributed by atoms with Gasteiger partial charge in [-0.3, -0.25) is 9.63 Å². The average Bonchev–Trinajstić information content (AvgIpc) is 3.38. The lowest BCUT2D eigenvalue weighted by molar-refractivity contribution is 0.0461. The van der Waals surface area contributed by atoms with Crippen LogP contribution in [0.15, 0.2) is 60.4 Å². The number of allylic oxidation sites excluding steroid dienone is 1. The molecule has 200 valence electrons. The van der Waals surface area contributed by atoms with Crippen LogP contribution in [0.3, 0.4) is 0 Å². The van der Waals surface area contributed by atoms with Crippen LogP contribution in [-0.4, -0.2) is 48.5 Å². The minimum Gasteiger partial charge on any atom is -0.492 e. The monoisotopic (exact) mass is 520 g/mol. The van der Waals surface area contributed by atoms with Crippen LogP contribution in [-0.2, 0) is 14.3 Å². The predicted octanol–water partition coefficient (Wildman–Crippen LogP) is 5.46. The summed E-state index contributed by atoms with van der Waals surface area (Å²) in [4.78, 5) is 21.2. The number of aryl methyl sites for hydroxylation is 1. The van der Waals surface area contributed by atoms with E-state index in [0.29, 0.717) is 35.4 Å². The van der Waals surface area contributed by atoms with Gasteiger partial charge in [0.25, 0.3) is 5.91 Å². The van der Waals surface area contributed by atoms with Crippen molar-refractivity contribution in [3.63, 3.8) is 0 Å². The first-order valence-corrected chi connectivity index (χ1v) is 12.7. The fourth-order valence-electron chi connectivity index (χ4n) is 4.39. The van der Waals surface area contributed by atoms with Crippen LogP contribution < -0.4 is 5.48 Å². The number of nitrogens with one attached hydrogen (secondary N) is 1. The van der Waals surface area contributed by atoms with Gasteiger partial charge in [-0.05, 0) is 48.2 Å². The van der Waals surface area contributed by atoms with Crippen molar-refractivity contribution in [2.75, 3.05) is 20.3 Å². The summed E-state index contributed by atoms with van der Waals surface area (Å²) in [5.41, 5.74) is 6.92. The zero-order chi connectivity index (χ0) is 27.1. The SMILES string of the molecule is CCC/C(=C\c1nc(-c2ccc(-c3ccc(C(=O)NOC)cc3)cc2)c(F)cc1C)O[C@@H]1CO[C@H](CO)C1. The fraction of sp³-hybridized carbons (Fsp3) is 0.333. The van der Waals surface area contributed by atoms with E-state index in [1.54, 1.807) is 12.1 Å². The topological polar surface area (TPSA) is 89.9 Å². The van der Waals surface area contributed by atoms with Gasteiger partial charge in [-0.1, -0.05) is 43.3 Å². The van der Waals surface area contributed by atoms with Gasteiger partial charge in [0.15, 0.2) is 0 Å². The second-order valence-electron chi connectivity index (χ2n) is 9.29.